The first kappa shape index (κ1) is 22.2. The van der Waals surface area contributed by atoms with Crippen LogP contribution in [0.1, 0.15) is 37.8 Å². The molecule has 31 heavy (non-hydrogen) atoms. The highest BCUT2D eigenvalue weighted by Gasteiger charge is 2.41. The lowest BCUT2D eigenvalue weighted by molar-refractivity contribution is 0.0179. The first-order valence-electron chi connectivity index (χ1n) is 11.5. The maximum atomic E-state index is 6.01. The number of guanidine groups is 1. The largest absolute Gasteiger partial charge is 0.493 e. The average molecular weight is 433 g/mol. The van der Waals surface area contributed by atoms with Gasteiger partial charge in [-0.2, -0.15) is 0 Å². The molecular formula is C23H36N4O4. The molecule has 3 fully saturated rings. The Bertz CT molecular complexity index is 753. The average Bonchev–Trinajstić information content (AvgIpc) is 3.43. The Kier molecular flexibility index (Phi) is 7.53. The zero-order valence-corrected chi connectivity index (χ0v) is 18.9. The second kappa shape index (κ2) is 10.5. The molecule has 8 nitrogen and oxygen atoms in total. The summed E-state index contributed by atoms with van der Waals surface area (Å²) in [6, 6.07) is 6.64. The predicted molar refractivity (Wildman–Crippen MR) is 120 cm³/mol. The summed E-state index contributed by atoms with van der Waals surface area (Å²) in [5, 5.41) is 7.04. The number of aliphatic imine (C=N–C) groups is 1. The molecule has 3 saturated heterocycles. The van der Waals surface area contributed by atoms with Gasteiger partial charge >= 0.3 is 0 Å². The molecule has 1 aromatic rings. The fraction of sp³-hybridized carbons (Fsp3) is 0.696. The van der Waals surface area contributed by atoms with Crippen molar-refractivity contribution in [1.29, 1.82) is 0 Å². The molecule has 4 rings (SSSR count). The van der Waals surface area contributed by atoms with E-state index in [0.717, 1.165) is 63.1 Å². The van der Waals surface area contributed by atoms with Crippen molar-refractivity contribution in [1.82, 2.24) is 15.5 Å². The van der Waals surface area contributed by atoms with Crippen LogP contribution in [0.2, 0.25) is 0 Å². The molecule has 4 atom stereocenters. The summed E-state index contributed by atoms with van der Waals surface area (Å²) in [4.78, 5) is 7.44. The van der Waals surface area contributed by atoms with E-state index in [4.69, 9.17) is 23.9 Å². The number of hydrogen-bond acceptors (Lipinski definition) is 6. The summed E-state index contributed by atoms with van der Waals surface area (Å²) in [6.07, 6.45) is 4.13. The quantitative estimate of drug-likeness (QED) is 0.480. The number of nitrogens with one attached hydrogen (secondary N) is 2. The SMILES string of the molecule is CCNC(=NCC(c1ccc(OC)c(OC)c1)N1CCOCC1)NC1CC2CCC1O2. The van der Waals surface area contributed by atoms with Gasteiger partial charge in [-0.15, -0.1) is 0 Å². The molecule has 0 radical (unpaired) electrons. The van der Waals surface area contributed by atoms with Crippen LogP contribution in [0.4, 0.5) is 0 Å². The van der Waals surface area contributed by atoms with E-state index in [9.17, 15) is 0 Å². The number of fused-ring (bicyclic) bond motifs is 2. The highest BCUT2D eigenvalue weighted by Crippen LogP contribution is 2.35. The van der Waals surface area contributed by atoms with Gasteiger partial charge in [0, 0.05) is 19.6 Å². The van der Waals surface area contributed by atoms with Gasteiger partial charge in [0.15, 0.2) is 17.5 Å². The van der Waals surface area contributed by atoms with Gasteiger partial charge in [0.25, 0.3) is 0 Å². The molecule has 0 spiro atoms. The van der Waals surface area contributed by atoms with Crippen molar-refractivity contribution >= 4 is 5.96 Å². The van der Waals surface area contributed by atoms with Crippen LogP contribution in [0, 0.1) is 0 Å². The first-order chi connectivity index (χ1) is 15.2. The maximum absolute atomic E-state index is 6.01. The highest BCUT2D eigenvalue weighted by molar-refractivity contribution is 5.80. The molecule has 3 aliphatic rings. The molecule has 3 heterocycles. The van der Waals surface area contributed by atoms with E-state index in [1.165, 1.54) is 12.0 Å². The van der Waals surface area contributed by atoms with Crippen LogP contribution in [-0.2, 0) is 9.47 Å². The zero-order valence-electron chi connectivity index (χ0n) is 18.9. The molecule has 1 aromatic carbocycles. The number of methoxy groups -OCH3 is 2. The van der Waals surface area contributed by atoms with Gasteiger partial charge < -0.3 is 29.6 Å². The number of morpholine rings is 1. The van der Waals surface area contributed by atoms with E-state index in [1.54, 1.807) is 14.2 Å². The smallest absolute Gasteiger partial charge is 0.191 e. The van der Waals surface area contributed by atoms with Crippen LogP contribution < -0.4 is 20.1 Å². The molecule has 2 bridgehead atoms. The van der Waals surface area contributed by atoms with Crippen molar-refractivity contribution in [3.63, 3.8) is 0 Å². The van der Waals surface area contributed by atoms with Gasteiger partial charge in [0.05, 0.1) is 58.3 Å². The van der Waals surface area contributed by atoms with Gasteiger partial charge in [-0.25, -0.2) is 0 Å². The van der Waals surface area contributed by atoms with Gasteiger partial charge in [0.2, 0.25) is 0 Å². The van der Waals surface area contributed by atoms with E-state index in [-0.39, 0.29) is 6.04 Å². The Hall–Kier alpha value is -2.03. The van der Waals surface area contributed by atoms with Crippen molar-refractivity contribution in [3.8, 4) is 11.5 Å². The lowest BCUT2D eigenvalue weighted by atomic mass is 9.96. The Morgan fingerprint density at radius 3 is 2.65 bits per heavy atom. The summed E-state index contributed by atoms with van der Waals surface area (Å²) in [6.45, 7) is 6.83. The second-order valence-electron chi connectivity index (χ2n) is 8.36. The summed E-state index contributed by atoms with van der Waals surface area (Å²) in [5.74, 6) is 2.34. The van der Waals surface area contributed by atoms with Gasteiger partial charge in [-0.3, -0.25) is 9.89 Å². The molecule has 3 aliphatic heterocycles. The van der Waals surface area contributed by atoms with Gasteiger partial charge in [0.1, 0.15) is 0 Å². The lowest BCUT2D eigenvalue weighted by Gasteiger charge is -2.34. The molecule has 4 unspecified atom stereocenters. The Morgan fingerprint density at radius 2 is 2.00 bits per heavy atom. The van der Waals surface area contributed by atoms with E-state index in [0.29, 0.717) is 24.8 Å². The van der Waals surface area contributed by atoms with E-state index >= 15 is 0 Å². The molecule has 0 amide bonds. The number of hydrogen-bond donors (Lipinski definition) is 2. The van der Waals surface area contributed by atoms with Crippen LogP contribution in [0.25, 0.3) is 0 Å². The summed E-state index contributed by atoms with van der Waals surface area (Å²) >= 11 is 0. The third-order valence-corrected chi connectivity index (χ3v) is 6.47. The second-order valence-corrected chi connectivity index (χ2v) is 8.36. The van der Waals surface area contributed by atoms with E-state index in [2.05, 4.69) is 34.6 Å². The summed E-state index contributed by atoms with van der Waals surface area (Å²) < 4.78 is 22.6. The van der Waals surface area contributed by atoms with Crippen LogP contribution >= 0.6 is 0 Å². The van der Waals surface area contributed by atoms with Crippen LogP contribution in [0.15, 0.2) is 23.2 Å². The van der Waals surface area contributed by atoms with Gasteiger partial charge in [-0.1, -0.05) is 6.07 Å². The zero-order chi connectivity index (χ0) is 21.6. The van der Waals surface area contributed by atoms with Crippen LogP contribution in [0.3, 0.4) is 0 Å². The van der Waals surface area contributed by atoms with E-state index in [1.807, 2.05) is 6.07 Å². The molecule has 0 aromatic heterocycles. The van der Waals surface area contributed by atoms with Crippen molar-refractivity contribution < 1.29 is 18.9 Å². The summed E-state index contributed by atoms with van der Waals surface area (Å²) in [5.41, 5.74) is 1.17. The predicted octanol–water partition coefficient (Wildman–Crippen LogP) is 1.95. The molecule has 8 heteroatoms. The maximum Gasteiger partial charge on any atom is 0.191 e. The van der Waals surface area contributed by atoms with E-state index < -0.39 is 0 Å². The monoisotopic (exact) mass is 432 g/mol. The topological polar surface area (TPSA) is 76.6 Å². The number of rotatable bonds is 8. The summed E-state index contributed by atoms with van der Waals surface area (Å²) in [7, 11) is 3.34. The number of nitrogens with zero attached hydrogens (tertiary/aromatic N) is 2. The minimum Gasteiger partial charge on any atom is -0.493 e. The Morgan fingerprint density at radius 1 is 1.19 bits per heavy atom. The third-order valence-electron chi connectivity index (χ3n) is 6.47. The first-order valence-corrected chi connectivity index (χ1v) is 11.5. The Balaban J connectivity index is 1.52. The van der Waals surface area contributed by atoms with Crippen molar-refractivity contribution in [2.24, 2.45) is 4.99 Å². The fourth-order valence-corrected chi connectivity index (χ4v) is 4.84. The third kappa shape index (κ3) is 5.25. The normalized spacial score (nSPS) is 27.2. The van der Waals surface area contributed by atoms with Crippen LogP contribution in [0.5, 0.6) is 11.5 Å². The fourth-order valence-electron chi connectivity index (χ4n) is 4.84. The standard InChI is InChI=1S/C23H36N4O4/c1-4-24-23(26-18-14-17-6-8-20(18)31-17)25-15-19(27-9-11-30-12-10-27)16-5-7-21(28-2)22(13-16)29-3/h5,7,13,17-20H,4,6,8-12,14-15H2,1-3H3,(H2,24,25,26). The number of ether oxygens (including phenoxy) is 4. The molecule has 2 N–H and O–H groups in total. The number of benzene rings is 1. The molecule has 0 aliphatic carbocycles. The van der Waals surface area contributed by atoms with Gasteiger partial charge in [-0.05, 0) is 43.9 Å². The molecule has 0 saturated carbocycles. The molecular weight excluding hydrogens is 396 g/mol. The minimum atomic E-state index is 0.135. The highest BCUT2D eigenvalue weighted by atomic mass is 16.5. The lowest BCUT2D eigenvalue weighted by Crippen LogP contribution is -2.48. The van der Waals surface area contributed by atoms with Crippen molar-refractivity contribution in [3.05, 3.63) is 23.8 Å². The Labute approximate surface area is 185 Å². The van der Waals surface area contributed by atoms with Crippen molar-refractivity contribution in [2.45, 2.75) is 50.5 Å². The minimum absolute atomic E-state index is 0.135. The molecule has 172 valence electrons. The van der Waals surface area contributed by atoms with Crippen LogP contribution in [-0.4, -0.2) is 82.7 Å². The van der Waals surface area contributed by atoms with Crippen molar-refractivity contribution in [2.75, 3.05) is 53.6 Å².